The Hall–Kier alpha value is -3.64. The quantitative estimate of drug-likeness (QED) is 0.477. The number of phenols is 1. The van der Waals surface area contributed by atoms with Gasteiger partial charge in [-0.25, -0.2) is 0 Å². The molecule has 9 heteroatoms. The summed E-state index contributed by atoms with van der Waals surface area (Å²) in [5.74, 6) is -0.943. The number of nitriles is 1. The summed E-state index contributed by atoms with van der Waals surface area (Å²) in [5, 5.41) is 28.3. The number of hydrogen-bond acceptors (Lipinski definition) is 7. The second kappa shape index (κ2) is 6.51. The van der Waals surface area contributed by atoms with Crippen LogP contribution in [0.15, 0.2) is 51.2 Å². The number of azo groups is 1. The summed E-state index contributed by atoms with van der Waals surface area (Å²) in [6.45, 7) is 0. The van der Waals surface area contributed by atoms with Crippen LogP contribution in [0.2, 0.25) is 0 Å². The van der Waals surface area contributed by atoms with E-state index in [1.165, 1.54) is 19.2 Å². The zero-order chi connectivity index (χ0) is 20.0. The van der Waals surface area contributed by atoms with Gasteiger partial charge in [-0.2, -0.15) is 5.26 Å². The first-order valence-electron chi connectivity index (χ1n) is 8.01. The molecular weight excluding hydrogens is 426 g/mol. The van der Waals surface area contributed by atoms with Crippen LogP contribution in [0.4, 0.5) is 11.4 Å². The molecule has 28 heavy (non-hydrogen) atoms. The fourth-order valence-electron chi connectivity index (χ4n) is 2.97. The molecule has 0 aliphatic carbocycles. The van der Waals surface area contributed by atoms with Gasteiger partial charge in [0.1, 0.15) is 23.0 Å². The second-order valence-corrected chi connectivity index (χ2v) is 6.79. The summed E-state index contributed by atoms with van der Waals surface area (Å²) < 4.78 is 0.231. The van der Waals surface area contributed by atoms with E-state index in [1.54, 1.807) is 24.4 Å². The molecule has 136 valence electrons. The summed E-state index contributed by atoms with van der Waals surface area (Å²) in [4.78, 5) is 29.6. The molecule has 0 unspecified atom stereocenters. The number of nitrogens with zero attached hydrogens (tertiary/aromatic N) is 5. The normalized spacial score (nSPS) is 13.4. The van der Waals surface area contributed by atoms with Gasteiger partial charge in [-0.1, -0.05) is 0 Å². The number of carbonyl (C=O) groups excluding carboxylic acids is 2. The molecule has 8 nitrogen and oxygen atoms in total. The molecule has 2 aromatic carbocycles. The number of phenolic OH excluding ortho intramolecular Hbond substituents is 1. The van der Waals surface area contributed by atoms with E-state index in [-0.39, 0.29) is 32.6 Å². The molecular formula is C19H10BrN5O3. The van der Waals surface area contributed by atoms with Crippen molar-refractivity contribution in [3.8, 4) is 11.8 Å². The van der Waals surface area contributed by atoms with E-state index in [9.17, 15) is 20.0 Å². The van der Waals surface area contributed by atoms with Gasteiger partial charge in [-0.15, -0.1) is 10.2 Å². The maximum Gasteiger partial charge on any atom is 0.262 e. The highest BCUT2D eigenvalue weighted by atomic mass is 79.9. The van der Waals surface area contributed by atoms with Crippen LogP contribution in [-0.2, 0) is 0 Å². The summed E-state index contributed by atoms with van der Waals surface area (Å²) in [7, 11) is 1.37. The van der Waals surface area contributed by atoms with Crippen molar-refractivity contribution < 1.29 is 14.7 Å². The Bertz CT molecular complexity index is 1260. The topological polar surface area (TPSA) is 119 Å². The average molecular weight is 436 g/mol. The van der Waals surface area contributed by atoms with Crippen LogP contribution in [0.3, 0.4) is 0 Å². The summed E-state index contributed by atoms with van der Waals surface area (Å²) in [6, 6.07) is 9.77. The fraction of sp³-hybridized carbons (Fsp3) is 0.0526. The van der Waals surface area contributed by atoms with E-state index in [0.717, 1.165) is 4.90 Å². The zero-order valence-electron chi connectivity index (χ0n) is 14.3. The van der Waals surface area contributed by atoms with E-state index >= 15 is 0 Å². The first-order valence-corrected chi connectivity index (χ1v) is 8.80. The molecule has 4 rings (SSSR count). The Labute approximate surface area is 166 Å². The standard InChI is InChI=1S/C19H10BrN5O3/c1-25-18(27)11-7-9(8-21)16(15(20)14(11)19(25)28)24-23-12-4-5-13(26)17-10(12)3-2-6-22-17/h2-7,26H,1H3. The summed E-state index contributed by atoms with van der Waals surface area (Å²) >= 11 is 3.30. The number of hydrogen-bond donors (Lipinski definition) is 1. The number of amides is 2. The van der Waals surface area contributed by atoms with Gasteiger partial charge < -0.3 is 5.11 Å². The minimum Gasteiger partial charge on any atom is -0.506 e. The lowest BCUT2D eigenvalue weighted by Gasteiger charge is -2.06. The lowest BCUT2D eigenvalue weighted by molar-refractivity contribution is 0.0693. The van der Waals surface area contributed by atoms with Crippen LogP contribution >= 0.6 is 15.9 Å². The molecule has 3 aromatic rings. The van der Waals surface area contributed by atoms with Crippen molar-refractivity contribution in [3.05, 3.63) is 57.7 Å². The first kappa shape index (κ1) is 17.8. The van der Waals surface area contributed by atoms with Gasteiger partial charge in [0.15, 0.2) is 0 Å². The Morgan fingerprint density at radius 2 is 2.00 bits per heavy atom. The predicted molar refractivity (Wildman–Crippen MR) is 103 cm³/mol. The highest BCUT2D eigenvalue weighted by molar-refractivity contribution is 9.10. The SMILES string of the molecule is CN1C(=O)c2cc(C#N)c(N=Nc3ccc(O)c4ncccc34)c(Br)c2C1=O. The van der Waals surface area contributed by atoms with Crippen molar-refractivity contribution >= 4 is 50.0 Å². The zero-order valence-corrected chi connectivity index (χ0v) is 15.9. The average Bonchev–Trinajstić information content (AvgIpc) is 2.92. The Balaban J connectivity index is 1.89. The minimum atomic E-state index is -0.480. The first-order chi connectivity index (χ1) is 13.4. The molecule has 0 radical (unpaired) electrons. The van der Waals surface area contributed by atoms with Crippen molar-refractivity contribution in [2.75, 3.05) is 7.05 Å². The molecule has 0 saturated carbocycles. The van der Waals surface area contributed by atoms with Gasteiger partial charge in [0.25, 0.3) is 11.8 Å². The Morgan fingerprint density at radius 3 is 2.75 bits per heavy atom. The van der Waals surface area contributed by atoms with Crippen molar-refractivity contribution in [2.24, 2.45) is 10.2 Å². The van der Waals surface area contributed by atoms with Gasteiger partial charge >= 0.3 is 0 Å². The van der Waals surface area contributed by atoms with Crippen LogP contribution in [0.25, 0.3) is 10.9 Å². The summed E-state index contributed by atoms with van der Waals surface area (Å²) in [6.07, 6.45) is 1.55. The maximum absolute atomic E-state index is 12.4. The summed E-state index contributed by atoms with van der Waals surface area (Å²) in [5.41, 5.74) is 1.34. The second-order valence-electron chi connectivity index (χ2n) is 5.99. The van der Waals surface area contributed by atoms with Gasteiger partial charge in [0.05, 0.1) is 26.9 Å². The van der Waals surface area contributed by atoms with Crippen LogP contribution < -0.4 is 0 Å². The number of carbonyl (C=O) groups is 2. The number of aromatic nitrogens is 1. The van der Waals surface area contributed by atoms with E-state index < -0.39 is 11.8 Å². The Kier molecular flexibility index (Phi) is 4.13. The number of aromatic hydroxyl groups is 1. The fourth-order valence-corrected chi connectivity index (χ4v) is 3.65. The van der Waals surface area contributed by atoms with Gasteiger partial charge in [-0.05, 0) is 46.3 Å². The Morgan fingerprint density at radius 1 is 1.21 bits per heavy atom. The van der Waals surface area contributed by atoms with Crippen molar-refractivity contribution in [1.82, 2.24) is 9.88 Å². The van der Waals surface area contributed by atoms with Crippen LogP contribution in [0.5, 0.6) is 5.75 Å². The maximum atomic E-state index is 12.4. The molecule has 1 aromatic heterocycles. The number of benzene rings is 2. The highest BCUT2D eigenvalue weighted by Gasteiger charge is 2.36. The molecule has 1 aliphatic rings. The molecule has 2 amide bonds. The molecule has 0 spiro atoms. The van der Waals surface area contributed by atoms with Crippen LogP contribution in [-0.4, -0.2) is 33.9 Å². The van der Waals surface area contributed by atoms with Crippen molar-refractivity contribution in [1.29, 1.82) is 5.26 Å². The molecule has 0 bridgehead atoms. The third kappa shape index (κ3) is 2.54. The number of pyridine rings is 1. The van der Waals surface area contributed by atoms with Crippen molar-refractivity contribution in [2.45, 2.75) is 0 Å². The van der Waals surface area contributed by atoms with E-state index in [1.807, 2.05) is 6.07 Å². The van der Waals surface area contributed by atoms with Gasteiger partial charge in [0.2, 0.25) is 0 Å². The van der Waals surface area contributed by atoms with E-state index in [2.05, 4.69) is 31.1 Å². The molecule has 0 fully saturated rings. The lowest BCUT2D eigenvalue weighted by atomic mass is 10.0. The molecule has 0 atom stereocenters. The van der Waals surface area contributed by atoms with Crippen LogP contribution in [0.1, 0.15) is 26.3 Å². The molecule has 0 saturated heterocycles. The van der Waals surface area contributed by atoms with Gasteiger partial charge in [-0.3, -0.25) is 19.5 Å². The van der Waals surface area contributed by atoms with E-state index in [0.29, 0.717) is 16.6 Å². The molecule has 1 N–H and O–H groups in total. The van der Waals surface area contributed by atoms with Crippen LogP contribution in [0, 0.1) is 11.3 Å². The molecule has 2 heterocycles. The van der Waals surface area contributed by atoms with Crippen molar-refractivity contribution in [3.63, 3.8) is 0 Å². The van der Waals surface area contributed by atoms with Gasteiger partial charge in [0, 0.05) is 18.6 Å². The highest BCUT2D eigenvalue weighted by Crippen LogP contribution is 2.40. The minimum absolute atomic E-state index is 0.0121. The molecule has 1 aliphatic heterocycles. The monoisotopic (exact) mass is 435 g/mol. The third-order valence-electron chi connectivity index (χ3n) is 4.40. The van der Waals surface area contributed by atoms with E-state index in [4.69, 9.17) is 0 Å². The number of halogens is 1. The lowest BCUT2D eigenvalue weighted by Crippen LogP contribution is -2.24. The smallest absolute Gasteiger partial charge is 0.262 e. The number of fused-ring (bicyclic) bond motifs is 2. The number of rotatable bonds is 2. The largest absolute Gasteiger partial charge is 0.506 e. The predicted octanol–water partition coefficient (Wildman–Crippen LogP) is 4.22. The number of imide groups is 1. The third-order valence-corrected chi connectivity index (χ3v) is 5.17.